The van der Waals surface area contributed by atoms with Crippen molar-refractivity contribution in [3.8, 4) is 0 Å². The minimum atomic E-state index is -1.45. The molecule has 3 N–H and O–H groups in total. The Labute approximate surface area is 218 Å². The quantitative estimate of drug-likeness (QED) is 0.401. The zero-order valence-electron chi connectivity index (χ0n) is 23.9. The molecule has 36 heavy (non-hydrogen) atoms. The Morgan fingerprint density at radius 1 is 1.03 bits per heavy atom. The molecule has 2 saturated carbocycles. The molecule has 0 amide bonds. The van der Waals surface area contributed by atoms with Gasteiger partial charge in [-0.25, -0.2) is 0 Å². The van der Waals surface area contributed by atoms with Gasteiger partial charge in [-0.1, -0.05) is 66.5 Å². The Morgan fingerprint density at radius 2 is 1.69 bits per heavy atom. The lowest BCUT2D eigenvalue weighted by Gasteiger charge is -2.63. The van der Waals surface area contributed by atoms with Gasteiger partial charge in [-0.15, -0.1) is 0 Å². The first-order chi connectivity index (χ1) is 16.5. The third kappa shape index (κ3) is 3.21. The molecule has 1 heterocycles. The summed E-state index contributed by atoms with van der Waals surface area (Å²) >= 11 is 0. The van der Waals surface area contributed by atoms with Crippen LogP contribution in [0.5, 0.6) is 0 Å². The number of allylic oxidation sites excluding steroid dienone is 1. The van der Waals surface area contributed by atoms with Gasteiger partial charge in [-0.05, 0) is 78.9 Å². The van der Waals surface area contributed by atoms with Crippen molar-refractivity contribution in [3.05, 3.63) is 11.1 Å². The number of aliphatic hydroxyl groups excluding tert-OH is 1. The van der Waals surface area contributed by atoms with Gasteiger partial charge in [0.2, 0.25) is 0 Å². The number of carbonyl (C=O) groups is 1. The second-order valence-electron chi connectivity index (χ2n) is 14.9. The SMILES string of the molecule is CC1CC(O)(C(C)C(C)C(=O)O)OC2CC3=C(CCC4C3(C)CCC(O)C4(C)C)C3(C)CCC1C23C. The van der Waals surface area contributed by atoms with Crippen LogP contribution in [0.4, 0.5) is 0 Å². The molecule has 4 aliphatic carbocycles. The Morgan fingerprint density at radius 3 is 2.33 bits per heavy atom. The van der Waals surface area contributed by atoms with Crippen molar-refractivity contribution in [1.82, 2.24) is 0 Å². The van der Waals surface area contributed by atoms with Crippen molar-refractivity contribution < 1.29 is 24.9 Å². The van der Waals surface area contributed by atoms with Crippen LogP contribution in [0.15, 0.2) is 11.1 Å². The zero-order valence-corrected chi connectivity index (χ0v) is 23.9. The first-order valence-corrected chi connectivity index (χ1v) is 14.6. The number of ether oxygens (including phenoxy) is 1. The first kappa shape index (κ1) is 26.7. The zero-order chi connectivity index (χ0) is 26.6. The van der Waals surface area contributed by atoms with Gasteiger partial charge in [0.25, 0.3) is 0 Å². The highest BCUT2D eigenvalue weighted by atomic mass is 16.6. The standard InChI is InChI=1S/C31H50O5/c1-17-16-31(35,19(3)18(2)26(33)34)36-25-15-22-21(29(7)14-11-20(17)30(25,29)8)9-10-23-27(4,5)24(32)12-13-28(22,23)6/h17-20,23-25,32,35H,9-16H2,1-8H3,(H,33,34). The summed E-state index contributed by atoms with van der Waals surface area (Å²) in [6.45, 7) is 17.7. The summed E-state index contributed by atoms with van der Waals surface area (Å²) in [6.07, 6.45) is 7.25. The largest absolute Gasteiger partial charge is 0.481 e. The van der Waals surface area contributed by atoms with Crippen molar-refractivity contribution in [3.63, 3.8) is 0 Å². The third-order valence-electron chi connectivity index (χ3n) is 13.3. The van der Waals surface area contributed by atoms with Crippen LogP contribution < -0.4 is 0 Å². The van der Waals surface area contributed by atoms with E-state index in [1.54, 1.807) is 18.1 Å². The molecule has 11 unspecified atom stereocenters. The molecule has 0 bridgehead atoms. The fraction of sp³-hybridized carbons (Fsp3) is 0.903. The number of carboxylic acid groups (broad SMARTS) is 1. The summed E-state index contributed by atoms with van der Waals surface area (Å²) in [5.41, 5.74) is 3.03. The highest BCUT2D eigenvalue weighted by molar-refractivity contribution is 5.70. The van der Waals surface area contributed by atoms with Crippen molar-refractivity contribution in [2.75, 3.05) is 0 Å². The number of aliphatic carboxylic acids is 1. The number of carboxylic acids is 1. The van der Waals surface area contributed by atoms with E-state index in [4.69, 9.17) is 4.74 Å². The molecule has 5 rings (SSSR count). The van der Waals surface area contributed by atoms with Crippen LogP contribution in [-0.4, -0.2) is 39.3 Å². The van der Waals surface area contributed by atoms with E-state index < -0.39 is 23.6 Å². The predicted molar refractivity (Wildman–Crippen MR) is 140 cm³/mol. The lowest BCUT2D eigenvalue weighted by atomic mass is 9.43. The van der Waals surface area contributed by atoms with Crippen molar-refractivity contribution >= 4 is 5.97 Å². The lowest BCUT2D eigenvalue weighted by molar-refractivity contribution is -0.286. The smallest absolute Gasteiger partial charge is 0.306 e. The average Bonchev–Trinajstić information content (AvgIpc) is 3.04. The number of hydrogen-bond donors (Lipinski definition) is 3. The number of hydrogen-bond acceptors (Lipinski definition) is 4. The van der Waals surface area contributed by atoms with Crippen molar-refractivity contribution in [2.45, 2.75) is 125 Å². The Bertz CT molecular complexity index is 970. The monoisotopic (exact) mass is 502 g/mol. The molecule has 5 heteroatoms. The molecule has 0 aromatic carbocycles. The van der Waals surface area contributed by atoms with Crippen molar-refractivity contribution in [2.24, 2.45) is 51.2 Å². The van der Waals surface area contributed by atoms with Gasteiger partial charge >= 0.3 is 5.97 Å². The summed E-state index contributed by atoms with van der Waals surface area (Å²) in [5, 5.41) is 32.7. The predicted octanol–water partition coefficient (Wildman–Crippen LogP) is 6.18. The van der Waals surface area contributed by atoms with E-state index in [9.17, 15) is 20.1 Å². The maximum atomic E-state index is 12.1. The van der Waals surface area contributed by atoms with E-state index in [1.807, 2.05) is 6.92 Å². The average molecular weight is 503 g/mol. The van der Waals surface area contributed by atoms with E-state index in [2.05, 4.69) is 41.5 Å². The summed E-state index contributed by atoms with van der Waals surface area (Å²) in [6, 6.07) is 0. The van der Waals surface area contributed by atoms with Gasteiger partial charge in [0.1, 0.15) is 0 Å². The topological polar surface area (TPSA) is 87.0 Å². The van der Waals surface area contributed by atoms with E-state index in [0.717, 1.165) is 44.9 Å². The van der Waals surface area contributed by atoms with Gasteiger partial charge in [0, 0.05) is 17.8 Å². The van der Waals surface area contributed by atoms with E-state index in [1.165, 1.54) is 0 Å². The maximum absolute atomic E-state index is 12.1. The van der Waals surface area contributed by atoms with Crippen LogP contribution in [0, 0.1) is 51.2 Å². The molecule has 0 aromatic rings. The van der Waals surface area contributed by atoms with Gasteiger partial charge in [-0.3, -0.25) is 4.79 Å². The number of fused-ring (bicyclic) bond motifs is 3. The summed E-state index contributed by atoms with van der Waals surface area (Å²) in [7, 11) is 0. The van der Waals surface area contributed by atoms with Crippen LogP contribution in [0.2, 0.25) is 0 Å². The summed E-state index contributed by atoms with van der Waals surface area (Å²) < 4.78 is 6.91. The molecule has 0 radical (unpaired) electrons. The molecule has 204 valence electrons. The Hall–Kier alpha value is -0.910. The molecule has 1 saturated heterocycles. The number of aliphatic hydroxyl groups is 2. The van der Waals surface area contributed by atoms with Crippen LogP contribution in [0.3, 0.4) is 0 Å². The van der Waals surface area contributed by atoms with E-state index in [0.29, 0.717) is 18.3 Å². The van der Waals surface area contributed by atoms with Gasteiger partial charge in [0.05, 0.1) is 18.1 Å². The van der Waals surface area contributed by atoms with E-state index >= 15 is 0 Å². The first-order valence-electron chi connectivity index (χ1n) is 14.6. The second-order valence-corrected chi connectivity index (χ2v) is 14.9. The molecular formula is C31H50O5. The Balaban J connectivity index is 1.62. The molecule has 1 aliphatic heterocycles. The van der Waals surface area contributed by atoms with E-state index in [-0.39, 0.29) is 39.8 Å². The minimum Gasteiger partial charge on any atom is -0.481 e. The molecule has 3 fully saturated rings. The van der Waals surface area contributed by atoms with Gasteiger partial charge < -0.3 is 20.1 Å². The van der Waals surface area contributed by atoms with Crippen LogP contribution in [0.1, 0.15) is 107 Å². The lowest BCUT2D eigenvalue weighted by Crippen LogP contribution is -2.59. The fourth-order valence-electron chi connectivity index (χ4n) is 10.6. The van der Waals surface area contributed by atoms with Crippen LogP contribution >= 0.6 is 0 Å². The molecule has 11 atom stereocenters. The minimum absolute atomic E-state index is 0.0191. The second kappa shape index (κ2) is 8.05. The van der Waals surface area contributed by atoms with Gasteiger partial charge in [0.15, 0.2) is 5.79 Å². The number of rotatable bonds is 3. The third-order valence-corrected chi connectivity index (χ3v) is 13.3. The Kier molecular flexibility index (Phi) is 5.97. The maximum Gasteiger partial charge on any atom is 0.306 e. The normalized spacial score (nSPS) is 51.4. The van der Waals surface area contributed by atoms with Gasteiger partial charge in [-0.2, -0.15) is 0 Å². The molecule has 5 nitrogen and oxygen atoms in total. The molecular weight excluding hydrogens is 452 g/mol. The fourth-order valence-corrected chi connectivity index (χ4v) is 10.6. The highest BCUT2D eigenvalue weighted by Crippen LogP contribution is 2.74. The molecule has 0 aromatic heterocycles. The highest BCUT2D eigenvalue weighted by Gasteiger charge is 2.69. The van der Waals surface area contributed by atoms with Crippen LogP contribution in [0.25, 0.3) is 0 Å². The van der Waals surface area contributed by atoms with Crippen molar-refractivity contribution in [1.29, 1.82) is 0 Å². The molecule has 5 aliphatic rings. The summed E-state index contributed by atoms with van der Waals surface area (Å²) in [4.78, 5) is 11.9. The van der Waals surface area contributed by atoms with Crippen LogP contribution in [-0.2, 0) is 9.53 Å². The summed E-state index contributed by atoms with van der Waals surface area (Å²) in [5.74, 6) is -2.40. The molecule has 0 spiro atoms.